The van der Waals surface area contributed by atoms with E-state index in [0.29, 0.717) is 5.82 Å². The Morgan fingerprint density at radius 2 is 2.00 bits per heavy atom. The Labute approximate surface area is 161 Å². The van der Waals surface area contributed by atoms with Gasteiger partial charge in [-0.15, -0.1) is 11.3 Å². The average molecular weight is 377 g/mol. The summed E-state index contributed by atoms with van der Waals surface area (Å²) in [6.07, 6.45) is 4.66. The molecule has 1 atom stereocenters. The van der Waals surface area contributed by atoms with Gasteiger partial charge in [-0.2, -0.15) is 0 Å². The van der Waals surface area contributed by atoms with Crippen molar-refractivity contribution in [3.05, 3.63) is 60.6 Å². The summed E-state index contributed by atoms with van der Waals surface area (Å²) in [6.45, 7) is 3.66. The molecule has 7 heteroatoms. The van der Waals surface area contributed by atoms with Crippen molar-refractivity contribution in [1.29, 1.82) is 0 Å². The van der Waals surface area contributed by atoms with Gasteiger partial charge in [0.05, 0.1) is 10.6 Å². The first kappa shape index (κ1) is 17.4. The van der Waals surface area contributed by atoms with Crippen LogP contribution in [0.1, 0.15) is 12.5 Å². The standard InChI is InChI=1S/C20H19N5OS/c1-12-11-23-16(24-13(2)26)10-15(12)20-25-17(14-6-4-3-5-7-14)18(27-20)19-21-8-9-22-19/h3-11,13,26H,1-2H3,(H,21,22)(H,23,24). The Morgan fingerprint density at radius 1 is 1.19 bits per heavy atom. The summed E-state index contributed by atoms with van der Waals surface area (Å²) in [4.78, 5) is 17.8. The van der Waals surface area contributed by atoms with Crippen LogP contribution < -0.4 is 5.32 Å². The summed E-state index contributed by atoms with van der Waals surface area (Å²) in [5, 5.41) is 13.4. The molecule has 0 saturated heterocycles. The number of thiazole rings is 1. The first-order chi connectivity index (χ1) is 13.1. The van der Waals surface area contributed by atoms with Crippen molar-refractivity contribution in [1.82, 2.24) is 19.9 Å². The van der Waals surface area contributed by atoms with Crippen molar-refractivity contribution in [3.63, 3.8) is 0 Å². The Balaban J connectivity index is 1.86. The van der Waals surface area contributed by atoms with Gasteiger partial charge in [-0.25, -0.2) is 15.0 Å². The molecule has 3 N–H and O–H groups in total. The first-order valence-electron chi connectivity index (χ1n) is 8.59. The largest absolute Gasteiger partial charge is 0.374 e. The van der Waals surface area contributed by atoms with Crippen LogP contribution in [0.25, 0.3) is 32.5 Å². The quantitative estimate of drug-likeness (QED) is 0.451. The zero-order valence-electron chi connectivity index (χ0n) is 15.0. The molecule has 136 valence electrons. The third-order valence-corrected chi connectivity index (χ3v) is 5.17. The number of pyridine rings is 1. The summed E-state index contributed by atoms with van der Waals surface area (Å²) in [5.41, 5.74) is 3.94. The molecule has 0 aliphatic carbocycles. The van der Waals surface area contributed by atoms with Gasteiger partial charge in [-0.3, -0.25) is 0 Å². The summed E-state index contributed by atoms with van der Waals surface area (Å²) in [7, 11) is 0. The van der Waals surface area contributed by atoms with Gasteiger partial charge in [0.1, 0.15) is 22.9 Å². The highest BCUT2D eigenvalue weighted by Gasteiger charge is 2.19. The number of nitrogens with zero attached hydrogens (tertiary/aromatic N) is 3. The Hall–Kier alpha value is -3.03. The molecular formula is C20H19N5OS. The molecular weight excluding hydrogens is 358 g/mol. The molecule has 0 aliphatic rings. The molecule has 27 heavy (non-hydrogen) atoms. The number of anilines is 1. The second-order valence-corrected chi connectivity index (χ2v) is 7.20. The number of imidazole rings is 1. The highest BCUT2D eigenvalue weighted by atomic mass is 32.1. The Bertz CT molecular complexity index is 1040. The number of nitrogens with one attached hydrogen (secondary N) is 2. The predicted molar refractivity (Wildman–Crippen MR) is 108 cm³/mol. The van der Waals surface area contributed by atoms with E-state index in [9.17, 15) is 5.11 Å². The Kier molecular flexibility index (Phi) is 4.70. The lowest BCUT2D eigenvalue weighted by molar-refractivity contribution is 0.224. The van der Waals surface area contributed by atoms with Crippen LogP contribution in [0.2, 0.25) is 0 Å². The number of rotatable bonds is 5. The van der Waals surface area contributed by atoms with Crippen molar-refractivity contribution in [2.24, 2.45) is 0 Å². The van der Waals surface area contributed by atoms with Gasteiger partial charge in [-0.05, 0) is 25.5 Å². The van der Waals surface area contributed by atoms with Gasteiger partial charge in [-0.1, -0.05) is 30.3 Å². The van der Waals surface area contributed by atoms with Gasteiger partial charge in [0, 0.05) is 29.7 Å². The van der Waals surface area contributed by atoms with Crippen LogP contribution in [0.4, 0.5) is 5.82 Å². The summed E-state index contributed by atoms with van der Waals surface area (Å²) in [6, 6.07) is 12.0. The molecule has 3 aromatic heterocycles. The molecule has 0 saturated carbocycles. The minimum absolute atomic E-state index is 0.613. The van der Waals surface area contributed by atoms with E-state index in [-0.39, 0.29) is 0 Å². The molecule has 0 fully saturated rings. The van der Waals surface area contributed by atoms with Gasteiger partial charge in [0.2, 0.25) is 0 Å². The molecule has 1 aromatic carbocycles. The summed E-state index contributed by atoms with van der Waals surface area (Å²) >= 11 is 1.58. The van der Waals surface area contributed by atoms with Gasteiger partial charge < -0.3 is 15.4 Å². The number of benzene rings is 1. The van der Waals surface area contributed by atoms with Crippen LogP contribution in [0.15, 0.2) is 55.0 Å². The summed E-state index contributed by atoms with van der Waals surface area (Å²) < 4.78 is 0. The minimum atomic E-state index is -0.678. The van der Waals surface area contributed by atoms with E-state index in [1.165, 1.54) is 0 Å². The topological polar surface area (TPSA) is 86.7 Å². The fourth-order valence-corrected chi connectivity index (χ4v) is 3.95. The average Bonchev–Trinajstić information content (AvgIpc) is 3.33. The van der Waals surface area contributed by atoms with E-state index >= 15 is 0 Å². The molecule has 4 aromatic rings. The SMILES string of the molecule is Cc1cnc(NC(C)O)cc1-c1nc(-c2ccccc2)c(-c2ncc[nH]2)s1. The third kappa shape index (κ3) is 3.60. The number of aliphatic hydroxyl groups excluding tert-OH is 1. The van der Waals surface area contributed by atoms with E-state index in [1.807, 2.05) is 49.5 Å². The van der Waals surface area contributed by atoms with E-state index in [1.54, 1.807) is 30.7 Å². The number of aromatic amines is 1. The van der Waals surface area contributed by atoms with Crippen LogP contribution in [-0.4, -0.2) is 31.3 Å². The molecule has 0 bridgehead atoms. The number of hydrogen-bond acceptors (Lipinski definition) is 6. The maximum absolute atomic E-state index is 9.58. The first-order valence-corrected chi connectivity index (χ1v) is 9.41. The van der Waals surface area contributed by atoms with Crippen molar-refractivity contribution < 1.29 is 5.11 Å². The lowest BCUT2D eigenvalue weighted by Gasteiger charge is -2.10. The predicted octanol–water partition coefficient (Wildman–Crippen LogP) is 4.32. The lowest BCUT2D eigenvalue weighted by atomic mass is 10.1. The monoisotopic (exact) mass is 377 g/mol. The number of H-pyrrole nitrogens is 1. The van der Waals surface area contributed by atoms with E-state index < -0.39 is 6.23 Å². The zero-order valence-corrected chi connectivity index (χ0v) is 15.8. The number of hydrogen-bond donors (Lipinski definition) is 3. The number of aromatic nitrogens is 4. The van der Waals surface area contributed by atoms with Gasteiger partial charge in [0.15, 0.2) is 0 Å². The second kappa shape index (κ2) is 7.30. The highest BCUT2D eigenvalue weighted by Crippen LogP contribution is 2.40. The van der Waals surface area contributed by atoms with Crippen LogP contribution in [0, 0.1) is 6.92 Å². The van der Waals surface area contributed by atoms with Crippen LogP contribution in [-0.2, 0) is 0 Å². The maximum Gasteiger partial charge on any atom is 0.149 e. The Morgan fingerprint density at radius 3 is 2.70 bits per heavy atom. The van der Waals surface area contributed by atoms with Gasteiger partial charge >= 0.3 is 0 Å². The van der Waals surface area contributed by atoms with Gasteiger partial charge in [0.25, 0.3) is 0 Å². The molecule has 1 unspecified atom stereocenters. The van der Waals surface area contributed by atoms with Crippen molar-refractivity contribution in [3.8, 4) is 32.5 Å². The molecule has 3 heterocycles. The van der Waals surface area contributed by atoms with E-state index in [2.05, 4.69) is 20.3 Å². The second-order valence-electron chi connectivity index (χ2n) is 6.21. The molecule has 0 aliphatic heterocycles. The number of aliphatic hydroxyl groups is 1. The van der Waals surface area contributed by atoms with Crippen molar-refractivity contribution in [2.75, 3.05) is 5.32 Å². The maximum atomic E-state index is 9.58. The van der Waals surface area contributed by atoms with Crippen LogP contribution in [0.3, 0.4) is 0 Å². The molecule has 4 rings (SSSR count). The fraction of sp³-hybridized carbons (Fsp3) is 0.150. The zero-order chi connectivity index (χ0) is 18.8. The smallest absolute Gasteiger partial charge is 0.149 e. The number of aryl methyl sites for hydroxylation is 1. The third-order valence-electron chi connectivity index (χ3n) is 4.08. The fourth-order valence-electron chi connectivity index (χ4n) is 2.82. The van der Waals surface area contributed by atoms with E-state index in [4.69, 9.17) is 4.98 Å². The van der Waals surface area contributed by atoms with Crippen LogP contribution >= 0.6 is 11.3 Å². The summed E-state index contributed by atoms with van der Waals surface area (Å²) in [5.74, 6) is 1.41. The highest BCUT2D eigenvalue weighted by molar-refractivity contribution is 7.18. The van der Waals surface area contributed by atoms with Crippen molar-refractivity contribution >= 4 is 17.2 Å². The lowest BCUT2D eigenvalue weighted by Crippen LogP contribution is -2.14. The van der Waals surface area contributed by atoms with Crippen molar-refractivity contribution in [2.45, 2.75) is 20.1 Å². The minimum Gasteiger partial charge on any atom is -0.374 e. The molecule has 0 spiro atoms. The molecule has 0 amide bonds. The van der Waals surface area contributed by atoms with Crippen LogP contribution in [0.5, 0.6) is 0 Å². The van der Waals surface area contributed by atoms with E-state index in [0.717, 1.165) is 38.1 Å². The normalized spacial score (nSPS) is 12.1. The molecule has 6 nitrogen and oxygen atoms in total. The molecule has 0 radical (unpaired) electrons.